The highest BCUT2D eigenvalue weighted by Gasteiger charge is 2.35. The summed E-state index contributed by atoms with van der Waals surface area (Å²) in [5.74, 6) is 0.0275. The molecule has 2 aromatic carbocycles. The Morgan fingerprint density at radius 3 is 2.10 bits per heavy atom. The van der Waals surface area contributed by atoms with Crippen molar-refractivity contribution in [3.8, 4) is 0 Å². The Bertz CT molecular complexity index is 892. The topological polar surface area (TPSA) is 54.0 Å². The maximum Gasteiger partial charge on any atom is 0.239 e. The number of aromatic nitrogens is 1. The molecule has 0 spiro atoms. The zero-order chi connectivity index (χ0) is 21.8. The van der Waals surface area contributed by atoms with Crippen molar-refractivity contribution in [3.63, 3.8) is 0 Å². The summed E-state index contributed by atoms with van der Waals surface area (Å²) in [4.78, 5) is 16.8. The van der Waals surface area contributed by atoms with E-state index in [0.717, 1.165) is 24.2 Å². The van der Waals surface area contributed by atoms with Crippen LogP contribution < -0.4 is 10.6 Å². The van der Waals surface area contributed by atoms with E-state index in [0.29, 0.717) is 13.1 Å². The third-order valence-electron chi connectivity index (χ3n) is 5.81. The van der Waals surface area contributed by atoms with Crippen molar-refractivity contribution < 1.29 is 4.79 Å². The number of para-hydroxylation sites is 1. The molecule has 0 unspecified atom stereocenters. The van der Waals surface area contributed by atoms with Crippen LogP contribution in [0.15, 0.2) is 85.1 Å². The fraction of sp³-hybridized carbons (Fsp3) is 0.333. The summed E-state index contributed by atoms with van der Waals surface area (Å²) in [5, 5.41) is 6.28. The lowest BCUT2D eigenvalue weighted by atomic mass is 9.71. The zero-order valence-corrected chi connectivity index (χ0v) is 18.4. The molecule has 0 radical (unpaired) electrons. The second kappa shape index (κ2) is 11.9. The van der Waals surface area contributed by atoms with E-state index in [1.54, 1.807) is 0 Å². The van der Waals surface area contributed by atoms with Gasteiger partial charge in [-0.3, -0.25) is 9.78 Å². The Hall–Kier alpha value is -3.14. The molecule has 1 fully saturated rings. The van der Waals surface area contributed by atoms with Crippen molar-refractivity contribution in [1.29, 1.82) is 0 Å². The largest absolute Gasteiger partial charge is 0.376 e. The van der Waals surface area contributed by atoms with Crippen LogP contribution in [0.5, 0.6) is 0 Å². The second-order valence-corrected chi connectivity index (χ2v) is 8.21. The normalized spacial score (nSPS) is 14.6. The van der Waals surface area contributed by atoms with Gasteiger partial charge in [0.15, 0.2) is 0 Å². The van der Waals surface area contributed by atoms with Gasteiger partial charge in [-0.2, -0.15) is 0 Å². The molecule has 4 nitrogen and oxygen atoms in total. The van der Waals surface area contributed by atoms with Gasteiger partial charge in [0.05, 0.1) is 6.54 Å². The number of hydrogen-bond donors (Lipinski definition) is 2. The number of carbonyl (C=O) groups is 1. The van der Waals surface area contributed by atoms with Crippen molar-refractivity contribution in [2.45, 2.75) is 44.4 Å². The fourth-order valence-electron chi connectivity index (χ4n) is 4.03. The van der Waals surface area contributed by atoms with E-state index in [1.165, 1.54) is 24.8 Å². The number of rotatable bonds is 6. The van der Waals surface area contributed by atoms with Gasteiger partial charge in [-0.1, -0.05) is 79.4 Å². The molecule has 4 heteroatoms. The van der Waals surface area contributed by atoms with Crippen LogP contribution in [0.2, 0.25) is 0 Å². The first-order chi connectivity index (χ1) is 15.2. The van der Waals surface area contributed by atoms with E-state index in [2.05, 4.69) is 40.7 Å². The lowest BCUT2D eigenvalue weighted by Gasteiger charge is -2.37. The Labute approximate surface area is 186 Å². The van der Waals surface area contributed by atoms with Crippen LogP contribution in [0.4, 0.5) is 5.69 Å². The number of benzene rings is 2. The Morgan fingerprint density at radius 1 is 0.871 bits per heavy atom. The van der Waals surface area contributed by atoms with Gasteiger partial charge in [-0.15, -0.1) is 0 Å². The quantitative estimate of drug-likeness (QED) is 0.558. The van der Waals surface area contributed by atoms with Crippen LogP contribution in [0.1, 0.15) is 43.4 Å². The zero-order valence-electron chi connectivity index (χ0n) is 18.4. The molecule has 0 atom stereocenters. The van der Waals surface area contributed by atoms with Crippen LogP contribution in [0, 0.1) is 6.92 Å². The maximum atomic E-state index is 12.2. The SMILES string of the molecule is Cc1ccccc1.O=C(CNc1ccccc1)NCC1(c2ccccn2)CCCCC1. The van der Waals surface area contributed by atoms with Gasteiger partial charge in [0.25, 0.3) is 0 Å². The highest BCUT2D eigenvalue weighted by Crippen LogP contribution is 2.37. The van der Waals surface area contributed by atoms with Gasteiger partial charge in [-0.05, 0) is 44.0 Å². The monoisotopic (exact) mass is 415 g/mol. The summed E-state index contributed by atoms with van der Waals surface area (Å²) in [7, 11) is 0. The Morgan fingerprint density at radius 2 is 1.52 bits per heavy atom. The third-order valence-corrected chi connectivity index (χ3v) is 5.81. The summed E-state index contributed by atoms with van der Waals surface area (Å²) in [6.45, 7) is 3.04. The Kier molecular flexibility index (Phi) is 8.65. The minimum absolute atomic E-state index is 0.0120. The van der Waals surface area contributed by atoms with Crippen LogP contribution in [0.3, 0.4) is 0 Å². The maximum absolute atomic E-state index is 12.2. The molecule has 1 aromatic heterocycles. The van der Waals surface area contributed by atoms with E-state index in [-0.39, 0.29) is 11.3 Å². The van der Waals surface area contributed by atoms with Gasteiger partial charge in [-0.25, -0.2) is 0 Å². The number of nitrogens with one attached hydrogen (secondary N) is 2. The number of nitrogens with zero attached hydrogens (tertiary/aromatic N) is 1. The third kappa shape index (κ3) is 7.25. The van der Waals surface area contributed by atoms with Crippen molar-refractivity contribution in [3.05, 3.63) is 96.3 Å². The predicted molar refractivity (Wildman–Crippen MR) is 128 cm³/mol. The molecule has 0 aliphatic heterocycles. The molecule has 1 aliphatic carbocycles. The van der Waals surface area contributed by atoms with Crippen LogP contribution in [-0.2, 0) is 10.2 Å². The molecule has 1 aliphatic rings. The highest BCUT2D eigenvalue weighted by molar-refractivity contribution is 5.80. The molecule has 0 saturated heterocycles. The van der Waals surface area contributed by atoms with E-state index in [4.69, 9.17) is 0 Å². The molecule has 0 bridgehead atoms. The summed E-state index contributed by atoms with van der Waals surface area (Å²) < 4.78 is 0. The van der Waals surface area contributed by atoms with E-state index < -0.39 is 0 Å². The number of amides is 1. The van der Waals surface area contributed by atoms with Gasteiger partial charge in [0.2, 0.25) is 5.91 Å². The summed E-state index contributed by atoms with van der Waals surface area (Å²) in [6.07, 6.45) is 7.72. The van der Waals surface area contributed by atoms with Crippen molar-refractivity contribution in [1.82, 2.24) is 10.3 Å². The first-order valence-corrected chi connectivity index (χ1v) is 11.2. The van der Waals surface area contributed by atoms with Crippen molar-refractivity contribution >= 4 is 11.6 Å². The van der Waals surface area contributed by atoms with Crippen LogP contribution >= 0.6 is 0 Å². The molecular formula is C27H33N3O. The fourth-order valence-corrected chi connectivity index (χ4v) is 4.03. The molecular weight excluding hydrogens is 382 g/mol. The lowest BCUT2D eigenvalue weighted by molar-refractivity contribution is -0.119. The molecule has 162 valence electrons. The van der Waals surface area contributed by atoms with Gasteiger partial charge in [0, 0.05) is 29.5 Å². The average Bonchev–Trinajstić information content (AvgIpc) is 2.84. The van der Waals surface area contributed by atoms with Crippen molar-refractivity contribution in [2.24, 2.45) is 0 Å². The molecule has 31 heavy (non-hydrogen) atoms. The standard InChI is InChI=1S/C20H25N3O.C7H8/c24-19(15-22-17-9-3-1-4-10-17)23-16-20(12-6-2-7-13-20)18-11-5-8-14-21-18;1-7-5-3-2-4-6-7/h1,3-5,8-11,14,22H,2,6-7,12-13,15-16H2,(H,23,24);2-6H,1H3. The van der Waals surface area contributed by atoms with Gasteiger partial charge in [0.1, 0.15) is 0 Å². The minimum Gasteiger partial charge on any atom is -0.376 e. The minimum atomic E-state index is -0.0120. The number of hydrogen-bond acceptors (Lipinski definition) is 3. The number of anilines is 1. The number of aryl methyl sites for hydroxylation is 1. The molecule has 4 rings (SSSR count). The number of carbonyl (C=O) groups excluding carboxylic acids is 1. The number of pyridine rings is 1. The summed E-state index contributed by atoms with van der Waals surface area (Å²) >= 11 is 0. The molecule has 1 heterocycles. The van der Waals surface area contributed by atoms with Gasteiger partial charge >= 0.3 is 0 Å². The Balaban J connectivity index is 0.000000330. The molecule has 1 saturated carbocycles. The van der Waals surface area contributed by atoms with Crippen LogP contribution in [0.25, 0.3) is 0 Å². The molecule has 1 amide bonds. The lowest BCUT2D eigenvalue weighted by Crippen LogP contribution is -2.44. The summed E-state index contributed by atoms with van der Waals surface area (Å²) in [6, 6.07) is 26.1. The first kappa shape index (κ1) is 22.5. The van der Waals surface area contributed by atoms with E-state index in [9.17, 15) is 4.79 Å². The average molecular weight is 416 g/mol. The van der Waals surface area contributed by atoms with E-state index in [1.807, 2.05) is 66.9 Å². The second-order valence-electron chi connectivity index (χ2n) is 8.21. The van der Waals surface area contributed by atoms with Crippen LogP contribution in [-0.4, -0.2) is 24.0 Å². The van der Waals surface area contributed by atoms with Crippen molar-refractivity contribution in [2.75, 3.05) is 18.4 Å². The molecule has 2 N–H and O–H groups in total. The van der Waals surface area contributed by atoms with E-state index >= 15 is 0 Å². The first-order valence-electron chi connectivity index (χ1n) is 11.2. The van der Waals surface area contributed by atoms with Gasteiger partial charge < -0.3 is 10.6 Å². The molecule has 3 aromatic rings. The highest BCUT2D eigenvalue weighted by atomic mass is 16.1. The summed E-state index contributed by atoms with van der Waals surface area (Å²) in [5.41, 5.74) is 3.38. The smallest absolute Gasteiger partial charge is 0.239 e. The predicted octanol–water partition coefficient (Wildman–Crippen LogP) is 5.51.